The molecule has 150 valence electrons. The van der Waals surface area contributed by atoms with Crippen LogP contribution in [-0.4, -0.2) is 37.1 Å². The highest BCUT2D eigenvalue weighted by Gasteiger charge is 2.30. The molecule has 1 aliphatic carbocycles. The molecule has 0 bridgehead atoms. The van der Waals surface area contributed by atoms with Crippen LogP contribution in [0.25, 0.3) is 16.7 Å². The van der Waals surface area contributed by atoms with E-state index in [1.54, 1.807) is 7.11 Å². The number of carbonyl (C=O) groups is 1. The fourth-order valence-corrected chi connectivity index (χ4v) is 4.07. The lowest BCUT2D eigenvalue weighted by atomic mass is 9.94. The van der Waals surface area contributed by atoms with Crippen molar-refractivity contribution in [3.05, 3.63) is 41.3 Å². The maximum atomic E-state index is 11.8. The van der Waals surface area contributed by atoms with Crippen LogP contribution in [0.3, 0.4) is 0 Å². The molecule has 6 heteroatoms. The van der Waals surface area contributed by atoms with E-state index in [9.17, 15) is 9.90 Å². The van der Waals surface area contributed by atoms with Crippen LogP contribution in [0.15, 0.2) is 28.8 Å². The second kappa shape index (κ2) is 8.61. The molecule has 2 aromatic rings. The topological polar surface area (TPSA) is 81.8 Å². The third-order valence-electron chi connectivity index (χ3n) is 5.48. The van der Waals surface area contributed by atoms with Crippen LogP contribution >= 0.6 is 0 Å². The second-order valence-electron chi connectivity index (χ2n) is 7.26. The summed E-state index contributed by atoms with van der Waals surface area (Å²) < 4.78 is 15.7. The Balaban J connectivity index is 1.95. The van der Waals surface area contributed by atoms with Crippen LogP contribution in [-0.2, 0) is 9.53 Å². The number of benzene rings is 1. The van der Waals surface area contributed by atoms with Crippen molar-refractivity contribution < 1.29 is 23.9 Å². The average molecular weight is 385 g/mol. The van der Waals surface area contributed by atoms with Crippen LogP contribution in [0.4, 0.5) is 0 Å². The van der Waals surface area contributed by atoms with E-state index in [0.717, 1.165) is 53.0 Å². The smallest absolute Gasteiger partial charge is 0.308 e. The normalized spacial score (nSPS) is 19.7. The molecule has 1 N–H and O–H groups in total. The fourth-order valence-electron chi connectivity index (χ4n) is 4.07. The van der Waals surface area contributed by atoms with Gasteiger partial charge in [0.05, 0.1) is 32.4 Å². The summed E-state index contributed by atoms with van der Waals surface area (Å²) in [5.41, 5.74) is 4.36. The minimum absolute atomic E-state index is 0.0678. The Labute approximate surface area is 165 Å². The van der Waals surface area contributed by atoms with Gasteiger partial charge in [0.15, 0.2) is 0 Å². The summed E-state index contributed by atoms with van der Waals surface area (Å²) >= 11 is 0. The van der Waals surface area contributed by atoms with Gasteiger partial charge in [0.2, 0.25) is 0 Å². The van der Waals surface area contributed by atoms with Gasteiger partial charge in [-0.3, -0.25) is 4.79 Å². The average Bonchev–Trinajstić information content (AvgIpc) is 3.31. The molecule has 0 unspecified atom stereocenters. The number of aromatic nitrogens is 1. The number of aliphatic hydroxyl groups excluding tert-OH is 1. The number of allylic oxidation sites excluding steroid dienone is 1. The summed E-state index contributed by atoms with van der Waals surface area (Å²) in [7, 11) is 3.04. The molecule has 0 aliphatic heterocycles. The Bertz CT molecular complexity index is 864. The molecule has 1 heterocycles. The number of ether oxygens (including phenoxy) is 2. The highest BCUT2D eigenvalue weighted by Crippen LogP contribution is 2.38. The summed E-state index contributed by atoms with van der Waals surface area (Å²) in [6, 6.07) is 5.86. The number of hydrogen-bond donors (Lipinski definition) is 1. The largest absolute Gasteiger partial charge is 0.496 e. The molecule has 0 radical (unpaired) electrons. The molecule has 0 amide bonds. The third-order valence-corrected chi connectivity index (χ3v) is 5.48. The van der Waals surface area contributed by atoms with Gasteiger partial charge >= 0.3 is 5.97 Å². The number of methoxy groups -OCH3 is 2. The van der Waals surface area contributed by atoms with Gasteiger partial charge in [-0.1, -0.05) is 17.3 Å². The number of aryl methyl sites for hydroxylation is 2. The summed E-state index contributed by atoms with van der Waals surface area (Å²) in [5, 5.41) is 14.1. The lowest BCUT2D eigenvalue weighted by Crippen LogP contribution is -2.12. The van der Waals surface area contributed by atoms with Crippen molar-refractivity contribution in [2.75, 3.05) is 20.8 Å². The molecule has 1 aromatic carbocycles. The Hall–Kier alpha value is -2.60. The number of aliphatic hydroxyl groups is 1. The maximum Gasteiger partial charge on any atom is 0.308 e. The molecule has 3 rings (SSSR count). The number of rotatable bonds is 6. The van der Waals surface area contributed by atoms with Gasteiger partial charge in [0.1, 0.15) is 11.5 Å². The number of hydrogen-bond acceptors (Lipinski definition) is 6. The van der Waals surface area contributed by atoms with Crippen LogP contribution in [0.1, 0.15) is 36.3 Å². The second-order valence-corrected chi connectivity index (χ2v) is 7.26. The van der Waals surface area contributed by atoms with Crippen molar-refractivity contribution in [3.8, 4) is 16.9 Å². The molecule has 0 spiro atoms. The monoisotopic (exact) mass is 385 g/mol. The summed E-state index contributed by atoms with van der Waals surface area (Å²) in [5.74, 6) is 1.44. The Morgan fingerprint density at radius 3 is 2.71 bits per heavy atom. The van der Waals surface area contributed by atoms with Gasteiger partial charge in [-0.25, -0.2) is 0 Å². The van der Waals surface area contributed by atoms with E-state index in [1.165, 1.54) is 7.11 Å². The van der Waals surface area contributed by atoms with Gasteiger partial charge in [-0.05, 0) is 62.3 Å². The molecular formula is C22H27NO5. The van der Waals surface area contributed by atoms with E-state index >= 15 is 0 Å². The van der Waals surface area contributed by atoms with Crippen molar-refractivity contribution in [3.63, 3.8) is 0 Å². The number of nitrogens with zero attached hydrogens (tertiary/aromatic N) is 1. The molecule has 1 saturated carbocycles. The first kappa shape index (κ1) is 20.1. The molecular weight excluding hydrogens is 358 g/mol. The zero-order chi connectivity index (χ0) is 20.3. The molecule has 1 fully saturated rings. The Morgan fingerprint density at radius 1 is 1.32 bits per heavy atom. The van der Waals surface area contributed by atoms with E-state index in [4.69, 9.17) is 14.0 Å². The van der Waals surface area contributed by atoms with Gasteiger partial charge in [0.25, 0.3) is 0 Å². The van der Waals surface area contributed by atoms with Gasteiger partial charge in [0, 0.05) is 11.1 Å². The van der Waals surface area contributed by atoms with Gasteiger partial charge in [-0.2, -0.15) is 0 Å². The van der Waals surface area contributed by atoms with E-state index < -0.39 is 0 Å². The van der Waals surface area contributed by atoms with Crippen molar-refractivity contribution in [2.24, 2.45) is 11.8 Å². The van der Waals surface area contributed by atoms with Crippen LogP contribution in [0, 0.1) is 25.7 Å². The number of esters is 1. The van der Waals surface area contributed by atoms with E-state index in [1.807, 2.05) is 32.0 Å². The Morgan fingerprint density at radius 2 is 2.11 bits per heavy atom. The number of carbonyl (C=O) groups excluding carboxylic acids is 1. The Kier molecular flexibility index (Phi) is 6.19. The third kappa shape index (κ3) is 3.97. The molecule has 1 aliphatic rings. The van der Waals surface area contributed by atoms with Crippen molar-refractivity contribution in [1.82, 2.24) is 5.16 Å². The minimum Gasteiger partial charge on any atom is -0.496 e. The first-order valence-electron chi connectivity index (χ1n) is 9.49. The van der Waals surface area contributed by atoms with E-state index in [0.29, 0.717) is 5.75 Å². The van der Waals surface area contributed by atoms with E-state index in [2.05, 4.69) is 11.2 Å². The quantitative estimate of drug-likeness (QED) is 0.759. The lowest BCUT2D eigenvalue weighted by Gasteiger charge is -2.15. The first-order chi connectivity index (χ1) is 13.5. The predicted molar refractivity (Wildman–Crippen MR) is 106 cm³/mol. The molecule has 28 heavy (non-hydrogen) atoms. The highest BCUT2D eigenvalue weighted by atomic mass is 16.5. The molecule has 2 atom stereocenters. The van der Waals surface area contributed by atoms with E-state index in [-0.39, 0.29) is 24.4 Å². The van der Waals surface area contributed by atoms with Crippen LogP contribution in [0.2, 0.25) is 0 Å². The summed E-state index contributed by atoms with van der Waals surface area (Å²) in [6.07, 6.45) is 4.51. The SMILES string of the molecule is COC(=O)[C@H]1CC[C@@H](/C=C(\CO)c2cc(-c3c(C)noc3C)ccc2OC)C1. The predicted octanol–water partition coefficient (Wildman–Crippen LogP) is 3.93. The van der Waals surface area contributed by atoms with Crippen molar-refractivity contribution in [2.45, 2.75) is 33.1 Å². The van der Waals surface area contributed by atoms with Gasteiger partial charge < -0.3 is 19.1 Å². The molecule has 0 saturated heterocycles. The zero-order valence-corrected chi connectivity index (χ0v) is 16.8. The lowest BCUT2D eigenvalue weighted by molar-refractivity contribution is -0.145. The van der Waals surface area contributed by atoms with Crippen molar-refractivity contribution in [1.29, 1.82) is 0 Å². The van der Waals surface area contributed by atoms with Crippen molar-refractivity contribution >= 4 is 11.5 Å². The van der Waals surface area contributed by atoms with Gasteiger partial charge in [-0.15, -0.1) is 0 Å². The molecule has 6 nitrogen and oxygen atoms in total. The maximum absolute atomic E-state index is 11.8. The van der Waals surface area contributed by atoms with Crippen LogP contribution in [0.5, 0.6) is 5.75 Å². The first-order valence-corrected chi connectivity index (χ1v) is 9.49. The zero-order valence-electron chi connectivity index (χ0n) is 16.8. The summed E-state index contributed by atoms with van der Waals surface area (Å²) in [4.78, 5) is 11.8. The van der Waals surface area contributed by atoms with Crippen LogP contribution < -0.4 is 4.74 Å². The minimum atomic E-state index is -0.153. The molecule has 1 aromatic heterocycles. The highest BCUT2D eigenvalue weighted by molar-refractivity contribution is 5.78. The fraction of sp³-hybridized carbons (Fsp3) is 0.455. The standard InChI is InChI=1S/C22H27NO5/c1-13-21(14(2)28-23-13)16-7-8-20(26-3)19(11-16)18(12-24)10-15-5-6-17(9-15)22(25)27-4/h7-8,10-11,15,17,24H,5-6,9,12H2,1-4H3/b18-10+/t15-,17+/m1/s1. The summed E-state index contributed by atoms with van der Waals surface area (Å²) in [6.45, 7) is 3.68.